The Morgan fingerprint density at radius 1 is 1.22 bits per heavy atom. The van der Waals surface area contributed by atoms with E-state index in [0.29, 0.717) is 17.0 Å². The maximum absolute atomic E-state index is 12.4. The Bertz CT molecular complexity index is 702. The number of hydrogen-bond acceptors (Lipinski definition) is 4. The Morgan fingerprint density at radius 2 is 1.91 bits per heavy atom. The van der Waals surface area contributed by atoms with Crippen LogP contribution in [0.15, 0.2) is 30.5 Å². The molecule has 23 heavy (non-hydrogen) atoms. The predicted octanol–water partition coefficient (Wildman–Crippen LogP) is 1.91. The van der Waals surface area contributed by atoms with Crippen molar-refractivity contribution in [1.82, 2.24) is 15.1 Å². The first kappa shape index (κ1) is 15.1. The number of H-pyrrole nitrogens is 1. The molecule has 0 atom stereocenters. The number of amides is 2. The van der Waals surface area contributed by atoms with E-state index in [0.717, 1.165) is 25.9 Å². The summed E-state index contributed by atoms with van der Waals surface area (Å²) in [6.45, 7) is 1.47. The highest BCUT2D eigenvalue weighted by atomic mass is 16.5. The van der Waals surface area contributed by atoms with Gasteiger partial charge in [-0.2, -0.15) is 5.10 Å². The highest BCUT2D eigenvalue weighted by Crippen LogP contribution is 2.19. The summed E-state index contributed by atoms with van der Waals surface area (Å²) in [5.41, 5.74) is 1.11. The molecule has 0 spiro atoms. The van der Waals surface area contributed by atoms with Crippen molar-refractivity contribution in [2.24, 2.45) is 0 Å². The Hall–Kier alpha value is -2.83. The lowest BCUT2D eigenvalue weighted by Gasteiger charge is -2.14. The van der Waals surface area contributed by atoms with Crippen LogP contribution in [-0.4, -0.2) is 47.1 Å². The van der Waals surface area contributed by atoms with Gasteiger partial charge < -0.3 is 15.0 Å². The number of nitrogens with one attached hydrogen (secondary N) is 2. The lowest BCUT2D eigenvalue weighted by atomic mass is 10.2. The number of aromatic nitrogens is 2. The molecule has 0 bridgehead atoms. The van der Waals surface area contributed by atoms with Gasteiger partial charge in [0.05, 0.1) is 12.8 Å². The first-order valence-corrected chi connectivity index (χ1v) is 7.47. The summed E-state index contributed by atoms with van der Waals surface area (Å²) in [6.07, 6.45) is 3.53. The molecular formula is C16H18N4O3. The molecule has 3 rings (SSSR count). The summed E-state index contributed by atoms with van der Waals surface area (Å²) >= 11 is 0. The fraction of sp³-hybridized carbons (Fsp3) is 0.312. The number of hydrogen-bond donors (Lipinski definition) is 2. The van der Waals surface area contributed by atoms with Crippen LogP contribution in [0.2, 0.25) is 0 Å². The smallest absolute Gasteiger partial charge is 0.276 e. The van der Waals surface area contributed by atoms with E-state index in [1.54, 1.807) is 36.3 Å². The van der Waals surface area contributed by atoms with Crippen LogP contribution in [0.4, 0.5) is 5.69 Å². The SMILES string of the molecule is COc1ccc(C(=O)Nc2c[nH]nc2C(=O)N2CCCC2)cc1. The first-order chi connectivity index (χ1) is 11.2. The molecule has 1 aromatic carbocycles. The van der Waals surface area contributed by atoms with E-state index in [2.05, 4.69) is 15.5 Å². The predicted molar refractivity (Wildman–Crippen MR) is 84.7 cm³/mol. The van der Waals surface area contributed by atoms with E-state index in [-0.39, 0.29) is 17.5 Å². The van der Waals surface area contributed by atoms with Gasteiger partial charge >= 0.3 is 0 Å². The summed E-state index contributed by atoms with van der Waals surface area (Å²) in [4.78, 5) is 26.4. The van der Waals surface area contributed by atoms with Gasteiger partial charge in [-0.3, -0.25) is 14.7 Å². The van der Waals surface area contributed by atoms with Gasteiger partial charge in [0.2, 0.25) is 0 Å². The van der Waals surface area contributed by atoms with E-state index >= 15 is 0 Å². The van der Waals surface area contributed by atoms with Crippen LogP contribution in [-0.2, 0) is 0 Å². The average Bonchev–Trinajstić information content (AvgIpc) is 3.26. The van der Waals surface area contributed by atoms with E-state index in [1.807, 2.05) is 0 Å². The molecule has 1 aliphatic rings. The number of anilines is 1. The molecular weight excluding hydrogens is 296 g/mol. The summed E-state index contributed by atoms with van der Waals surface area (Å²) in [7, 11) is 1.57. The summed E-state index contributed by atoms with van der Waals surface area (Å²) in [5.74, 6) is 0.216. The topological polar surface area (TPSA) is 87.3 Å². The van der Waals surface area contributed by atoms with Crippen LogP contribution < -0.4 is 10.1 Å². The molecule has 1 saturated heterocycles. The third-order valence-corrected chi connectivity index (χ3v) is 3.84. The number of ether oxygens (including phenoxy) is 1. The molecule has 0 aliphatic carbocycles. The van der Waals surface area contributed by atoms with E-state index in [9.17, 15) is 9.59 Å². The molecule has 7 nitrogen and oxygen atoms in total. The standard InChI is InChI=1S/C16H18N4O3/c1-23-12-6-4-11(5-7-12)15(21)18-13-10-17-19-14(13)16(22)20-8-2-3-9-20/h4-7,10H,2-3,8-9H2,1H3,(H,17,19)(H,18,21). The molecule has 0 radical (unpaired) electrons. The van der Waals surface area contributed by atoms with Crippen molar-refractivity contribution in [1.29, 1.82) is 0 Å². The molecule has 120 valence electrons. The zero-order valence-corrected chi connectivity index (χ0v) is 12.8. The molecule has 1 fully saturated rings. The number of rotatable bonds is 4. The van der Waals surface area contributed by atoms with Gasteiger partial charge in [0, 0.05) is 24.8 Å². The Morgan fingerprint density at radius 3 is 2.57 bits per heavy atom. The summed E-state index contributed by atoms with van der Waals surface area (Å²) < 4.78 is 5.07. The Kier molecular flexibility index (Phi) is 4.27. The number of benzene rings is 1. The van der Waals surface area contributed by atoms with Crippen molar-refractivity contribution in [3.63, 3.8) is 0 Å². The molecule has 1 aliphatic heterocycles. The zero-order valence-electron chi connectivity index (χ0n) is 12.8. The zero-order chi connectivity index (χ0) is 16.2. The number of likely N-dealkylation sites (tertiary alicyclic amines) is 1. The van der Waals surface area contributed by atoms with Crippen molar-refractivity contribution in [2.45, 2.75) is 12.8 Å². The molecule has 2 amide bonds. The monoisotopic (exact) mass is 314 g/mol. The fourth-order valence-electron chi connectivity index (χ4n) is 2.56. The van der Waals surface area contributed by atoms with Gasteiger partial charge in [0.1, 0.15) is 5.75 Å². The maximum Gasteiger partial charge on any atom is 0.276 e. The normalized spacial score (nSPS) is 13.9. The highest BCUT2D eigenvalue weighted by molar-refractivity contribution is 6.08. The number of aromatic amines is 1. The second-order valence-corrected chi connectivity index (χ2v) is 5.33. The van der Waals surface area contributed by atoms with Crippen molar-refractivity contribution < 1.29 is 14.3 Å². The lowest BCUT2D eigenvalue weighted by molar-refractivity contribution is 0.0788. The third kappa shape index (κ3) is 3.18. The van der Waals surface area contributed by atoms with Crippen LogP contribution >= 0.6 is 0 Å². The maximum atomic E-state index is 12.4. The molecule has 2 aromatic rings. The number of nitrogens with zero attached hydrogens (tertiary/aromatic N) is 2. The van der Waals surface area contributed by atoms with Crippen molar-refractivity contribution >= 4 is 17.5 Å². The minimum Gasteiger partial charge on any atom is -0.497 e. The Labute approximate surface area is 133 Å². The molecule has 2 N–H and O–H groups in total. The van der Waals surface area contributed by atoms with Crippen LogP contribution in [0.3, 0.4) is 0 Å². The third-order valence-electron chi connectivity index (χ3n) is 3.84. The minimum atomic E-state index is -0.301. The van der Waals surface area contributed by atoms with Crippen molar-refractivity contribution in [3.8, 4) is 5.75 Å². The van der Waals surface area contributed by atoms with E-state index in [1.165, 1.54) is 6.20 Å². The van der Waals surface area contributed by atoms with Gasteiger partial charge in [0.15, 0.2) is 5.69 Å². The van der Waals surface area contributed by atoms with Gasteiger partial charge in [-0.15, -0.1) is 0 Å². The van der Waals surface area contributed by atoms with Crippen LogP contribution in [0.25, 0.3) is 0 Å². The van der Waals surface area contributed by atoms with Gasteiger partial charge in [-0.05, 0) is 37.1 Å². The minimum absolute atomic E-state index is 0.159. The number of methoxy groups -OCH3 is 1. The lowest BCUT2D eigenvalue weighted by Crippen LogP contribution is -2.29. The largest absolute Gasteiger partial charge is 0.497 e. The van der Waals surface area contributed by atoms with Crippen LogP contribution in [0.1, 0.15) is 33.7 Å². The second-order valence-electron chi connectivity index (χ2n) is 5.33. The molecule has 7 heteroatoms. The van der Waals surface area contributed by atoms with E-state index < -0.39 is 0 Å². The van der Waals surface area contributed by atoms with Crippen molar-refractivity contribution in [3.05, 3.63) is 41.7 Å². The van der Waals surface area contributed by atoms with E-state index in [4.69, 9.17) is 4.74 Å². The Balaban J connectivity index is 1.73. The van der Waals surface area contributed by atoms with Gasteiger partial charge in [-0.1, -0.05) is 0 Å². The first-order valence-electron chi connectivity index (χ1n) is 7.47. The molecule has 2 heterocycles. The summed E-state index contributed by atoms with van der Waals surface area (Å²) in [5, 5.41) is 9.36. The summed E-state index contributed by atoms with van der Waals surface area (Å²) in [6, 6.07) is 6.74. The van der Waals surface area contributed by atoms with Crippen molar-refractivity contribution in [2.75, 3.05) is 25.5 Å². The quantitative estimate of drug-likeness (QED) is 0.902. The molecule has 0 saturated carbocycles. The molecule has 0 unspecified atom stereocenters. The number of carbonyl (C=O) groups excluding carboxylic acids is 2. The second kappa shape index (κ2) is 6.51. The van der Waals surface area contributed by atoms with Gasteiger partial charge in [-0.25, -0.2) is 0 Å². The highest BCUT2D eigenvalue weighted by Gasteiger charge is 2.24. The molecule has 1 aromatic heterocycles. The average molecular weight is 314 g/mol. The van der Waals surface area contributed by atoms with Crippen LogP contribution in [0.5, 0.6) is 5.75 Å². The fourth-order valence-corrected chi connectivity index (χ4v) is 2.56. The van der Waals surface area contributed by atoms with Crippen LogP contribution in [0, 0.1) is 0 Å². The number of carbonyl (C=O) groups is 2. The van der Waals surface area contributed by atoms with Gasteiger partial charge in [0.25, 0.3) is 11.8 Å².